The van der Waals surface area contributed by atoms with Crippen molar-refractivity contribution in [3.05, 3.63) is 28.8 Å². The molecule has 5 nitrogen and oxygen atoms in total. The highest BCUT2D eigenvalue weighted by Crippen LogP contribution is 2.33. The van der Waals surface area contributed by atoms with Gasteiger partial charge in [0.15, 0.2) is 0 Å². The molecule has 0 unspecified atom stereocenters. The second kappa shape index (κ2) is 6.15. The molecule has 21 heavy (non-hydrogen) atoms. The third-order valence-corrected chi connectivity index (χ3v) is 5.42. The molecule has 0 aromatic heterocycles. The zero-order chi connectivity index (χ0) is 15.6. The Bertz CT molecular complexity index is 648. The van der Waals surface area contributed by atoms with Gasteiger partial charge in [-0.05, 0) is 49.8 Å². The molecule has 0 heterocycles. The Labute approximate surface area is 125 Å². The fraction of sp³-hybridized carbons (Fsp3) is 0.533. The summed E-state index contributed by atoms with van der Waals surface area (Å²) in [6, 6.07) is 2.85. The monoisotopic (exact) mass is 311 g/mol. The molecule has 1 aromatic rings. The lowest BCUT2D eigenvalue weighted by Gasteiger charge is -2.12. The van der Waals surface area contributed by atoms with Gasteiger partial charge in [0.25, 0.3) is 0 Å². The lowest BCUT2D eigenvalue weighted by molar-refractivity contribution is 0.0696. The third kappa shape index (κ3) is 4.04. The number of carboxylic acids is 1. The second-order valence-corrected chi connectivity index (χ2v) is 7.46. The first-order valence-corrected chi connectivity index (χ1v) is 8.64. The lowest BCUT2D eigenvalue weighted by Crippen LogP contribution is -2.26. The van der Waals surface area contributed by atoms with Crippen LogP contribution >= 0.6 is 0 Å². The van der Waals surface area contributed by atoms with Gasteiger partial charge in [-0.3, -0.25) is 0 Å². The first-order chi connectivity index (χ1) is 9.81. The fourth-order valence-electron chi connectivity index (χ4n) is 2.43. The van der Waals surface area contributed by atoms with Crippen LogP contribution in [0.5, 0.6) is 0 Å². The summed E-state index contributed by atoms with van der Waals surface area (Å²) in [5, 5.41) is 9.11. The fourth-order valence-corrected chi connectivity index (χ4v) is 3.76. The van der Waals surface area contributed by atoms with E-state index in [1.54, 1.807) is 19.9 Å². The van der Waals surface area contributed by atoms with Gasteiger partial charge in [-0.2, -0.15) is 0 Å². The van der Waals surface area contributed by atoms with Crippen molar-refractivity contribution < 1.29 is 18.3 Å². The molecule has 116 valence electrons. The predicted octanol–water partition coefficient (Wildman–Crippen LogP) is 2.47. The van der Waals surface area contributed by atoms with Crippen LogP contribution in [0.4, 0.5) is 0 Å². The maximum Gasteiger partial charge on any atom is 0.335 e. The van der Waals surface area contributed by atoms with Crippen LogP contribution in [0.2, 0.25) is 0 Å². The van der Waals surface area contributed by atoms with Crippen molar-refractivity contribution in [3.63, 3.8) is 0 Å². The van der Waals surface area contributed by atoms with Crippen LogP contribution in [-0.2, 0) is 10.0 Å². The van der Waals surface area contributed by atoms with Crippen LogP contribution in [-0.4, -0.2) is 26.0 Å². The SMILES string of the molecule is Cc1cc(C)c(S(=O)(=O)NCCCC2CC2)cc1C(=O)O. The Balaban J connectivity index is 2.13. The first-order valence-electron chi connectivity index (χ1n) is 7.15. The number of carbonyl (C=O) groups is 1. The summed E-state index contributed by atoms with van der Waals surface area (Å²) in [6.45, 7) is 3.74. The zero-order valence-electron chi connectivity index (χ0n) is 12.3. The van der Waals surface area contributed by atoms with E-state index in [2.05, 4.69) is 4.72 Å². The minimum absolute atomic E-state index is 0.0268. The largest absolute Gasteiger partial charge is 0.478 e. The van der Waals surface area contributed by atoms with E-state index in [1.165, 1.54) is 18.9 Å². The summed E-state index contributed by atoms with van der Waals surface area (Å²) < 4.78 is 27.2. The van der Waals surface area contributed by atoms with Gasteiger partial charge in [-0.1, -0.05) is 18.9 Å². The second-order valence-electron chi connectivity index (χ2n) is 5.72. The standard InChI is InChI=1S/C15H21NO4S/c1-10-8-11(2)14(9-13(10)15(17)18)21(19,20)16-7-3-4-12-5-6-12/h8-9,12,16H,3-7H2,1-2H3,(H,17,18). The van der Waals surface area contributed by atoms with Crippen LogP contribution in [0, 0.1) is 19.8 Å². The highest BCUT2D eigenvalue weighted by Gasteiger charge is 2.22. The van der Waals surface area contributed by atoms with E-state index in [1.807, 2.05) is 0 Å². The van der Waals surface area contributed by atoms with Gasteiger partial charge in [0.1, 0.15) is 0 Å². The van der Waals surface area contributed by atoms with Crippen molar-refractivity contribution in [1.82, 2.24) is 4.72 Å². The number of nitrogens with one attached hydrogen (secondary N) is 1. The average Bonchev–Trinajstić information content (AvgIpc) is 3.17. The molecule has 1 aromatic carbocycles. The summed E-state index contributed by atoms with van der Waals surface area (Å²) in [5.74, 6) is -0.341. The number of carboxylic acid groups (broad SMARTS) is 1. The van der Waals surface area contributed by atoms with E-state index in [4.69, 9.17) is 5.11 Å². The summed E-state index contributed by atoms with van der Waals surface area (Å²) >= 11 is 0. The quantitative estimate of drug-likeness (QED) is 0.758. The molecule has 6 heteroatoms. The van der Waals surface area contributed by atoms with Gasteiger partial charge in [0, 0.05) is 6.54 Å². The van der Waals surface area contributed by atoms with Crippen molar-refractivity contribution in [2.75, 3.05) is 6.54 Å². The van der Waals surface area contributed by atoms with Crippen molar-refractivity contribution in [3.8, 4) is 0 Å². The number of hydrogen-bond acceptors (Lipinski definition) is 3. The maximum absolute atomic E-state index is 12.3. The molecule has 1 saturated carbocycles. The van der Waals surface area contributed by atoms with Gasteiger partial charge in [0.2, 0.25) is 10.0 Å². The highest BCUT2D eigenvalue weighted by atomic mass is 32.2. The van der Waals surface area contributed by atoms with Crippen LogP contribution in [0.3, 0.4) is 0 Å². The summed E-state index contributed by atoms with van der Waals surface area (Å²) in [5.41, 5.74) is 1.15. The minimum Gasteiger partial charge on any atom is -0.478 e. The van der Waals surface area contributed by atoms with Crippen molar-refractivity contribution >= 4 is 16.0 Å². The van der Waals surface area contributed by atoms with Crippen molar-refractivity contribution in [2.45, 2.75) is 44.4 Å². The minimum atomic E-state index is -3.65. The van der Waals surface area contributed by atoms with Gasteiger partial charge < -0.3 is 5.11 Å². The van der Waals surface area contributed by atoms with Gasteiger partial charge >= 0.3 is 5.97 Å². The Kier molecular flexibility index (Phi) is 4.68. The summed E-state index contributed by atoms with van der Waals surface area (Å²) in [4.78, 5) is 11.2. The smallest absolute Gasteiger partial charge is 0.335 e. The maximum atomic E-state index is 12.3. The molecule has 1 aliphatic rings. The number of aromatic carboxylic acids is 1. The lowest BCUT2D eigenvalue weighted by atomic mass is 10.1. The molecular formula is C15H21NO4S. The summed E-state index contributed by atoms with van der Waals surface area (Å²) in [7, 11) is -3.65. The van der Waals surface area contributed by atoms with Crippen LogP contribution in [0.25, 0.3) is 0 Å². The van der Waals surface area contributed by atoms with Crippen LogP contribution < -0.4 is 4.72 Å². The van der Waals surface area contributed by atoms with E-state index in [0.29, 0.717) is 17.7 Å². The van der Waals surface area contributed by atoms with Gasteiger partial charge in [-0.15, -0.1) is 0 Å². The highest BCUT2D eigenvalue weighted by molar-refractivity contribution is 7.89. The van der Waals surface area contributed by atoms with Crippen molar-refractivity contribution in [1.29, 1.82) is 0 Å². The summed E-state index contributed by atoms with van der Waals surface area (Å²) in [6.07, 6.45) is 4.38. The third-order valence-electron chi connectivity index (χ3n) is 3.82. The van der Waals surface area contributed by atoms with E-state index in [0.717, 1.165) is 18.8 Å². The van der Waals surface area contributed by atoms with E-state index in [-0.39, 0.29) is 10.5 Å². The van der Waals surface area contributed by atoms with E-state index in [9.17, 15) is 13.2 Å². The molecule has 0 radical (unpaired) electrons. The number of hydrogen-bond donors (Lipinski definition) is 2. The van der Waals surface area contributed by atoms with Crippen LogP contribution in [0.15, 0.2) is 17.0 Å². The Morgan fingerprint density at radius 1 is 1.29 bits per heavy atom. The molecule has 2 N–H and O–H groups in total. The Morgan fingerprint density at radius 3 is 2.52 bits per heavy atom. The molecule has 1 fully saturated rings. The molecule has 0 spiro atoms. The van der Waals surface area contributed by atoms with Crippen LogP contribution in [0.1, 0.15) is 47.2 Å². The van der Waals surface area contributed by atoms with Crippen molar-refractivity contribution in [2.24, 2.45) is 5.92 Å². The van der Waals surface area contributed by atoms with Gasteiger partial charge in [0.05, 0.1) is 10.5 Å². The Hall–Kier alpha value is -1.40. The molecule has 0 amide bonds. The topological polar surface area (TPSA) is 83.5 Å². The predicted molar refractivity (Wildman–Crippen MR) is 80.0 cm³/mol. The molecule has 0 atom stereocenters. The molecule has 0 aliphatic heterocycles. The average molecular weight is 311 g/mol. The van der Waals surface area contributed by atoms with E-state index >= 15 is 0 Å². The van der Waals surface area contributed by atoms with E-state index < -0.39 is 16.0 Å². The number of benzene rings is 1. The molecule has 1 aliphatic carbocycles. The normalized spacial score (nSPS) is 15.1. The molecular weight excluding hydrogens is 290 g/mol. The zero-order valence-corrected chi connectivity index (χ0v) is 13.2. The van der Waals surface area contributed by atoms with Gasteiger partial charge in [-0.25, -0.2) is 17.9 Å². The number of aryl methyl sites for hydroxylation is 2. The molecule has 2 rings (SSSR count). The molecule has 0 saturated heterocycles. The number of rotatable bonds is 7. The number of sulfonamides is 1. The first kappa shape index (κ1) is 16.0. The molecule has 0 bridgehead atoms. The Morgan fingerprint density at radius 2 is 1.95 bits per heavy atom.